The lowest BCUT2D eigenvalue weighted by Gasteiger charge is -2.36. The molecule has 0 fully saturated rings. The van der Waals surface area contributed by atoms with E-state index in [1.54, 1.807) is 22.9 Å². The molecule has 2 aromatic rings. The van der Waals surface area contributed by atoms with Crippen molar-refractivity contribution < 1.29 is 9.53 Å². The smallest absolute Gasteiger partial charge is 0.191 e. The molecule has 0 saturated carbocycles. The number of pyridine rings is 1. The minimum Gasteiger partial charge on any atom is -0.417 e. The average molecular weight is 421 g/mol. The Bertz CT molecular complexity index is 868. The third-order valence-electron chi connectivity index (χ3n) is 5.32. The van der Waals surface area contributed by atoms with E-state index in [1.165, 1.54) is 0 Å². The summed E-state index contributed by atoms with van der Waals surface area (Å²) >= 11 is 6.07. The van der Waals surface area contributed by atoms with Gasteiger partial charge in [0, 0.05) is 17.9 Å². The van der Waals surface area contributed by atoms with Gasteiger partial charge < -0.3 is 9.53 Å². The van der Waals surface area contributed by atoms with Crippen LogP contribution in [0.4, 0.5) is 0 Å². The van der Waals surface area contributed by atoms with E-state index in [2.05, 4.69) is 43.9 Å². The number of halogens is 1. The molecular formula is C20H29ClN4O2Si. The van der Waals surface area contributed by atoms with Gasteiger partial charge in [0.15, 0.2) is 19.8 Å². The molecule has 1 atom stereocenters. The lowest BCUT2D eigenvalue weighted by atomic mass is 10.1. The molecule has 0 bridgehead atoms. The Balaban J connectivity index is 2.13. The van der Waals surface area contributed by atoms with Gasteiger partial charge in [-0.2, -0.15) is 10.4 Å². The standard InChI is InChI=1S/C20H29ClN4O2Si/c1-14-12-15(13-22)24-25(14)19-16(9-10-18(21)23-19)17(26)8-7-11-27-28(5,6)20(2,3)4/h9-10,12,17,26H,7-8,11H2,1-6H3. The van der Waals surface area contributed by atoms with E-state index in [-0.39, 0.29) is 5.04 Å². The number of hydrogen-bond acceptors (Lipinski definition) is 5. The molecule has 2 heterocycles. The van der Waals surface area contributed by atoms with Crippen molar-refractivity contribution in [3.8, 4) is 11.9 Å². The van der Waals surface area contributed by atoms with E-state index >= 15 is 0 Å². The maximum Gasteiger partial charge on any atom is 0.191 e. The molecule has 28 heavy (non-hydrogen) atoms. The first kappa shape index (κ1) is 22.6. The van der Waals surface area contributed by atoms with Crippen LogP contribution in [0, 0.1) is 18.3 Å². The maximum absolute atomic E-state index is 10.8. The minimum atomic E-state index is -1.79. The molecule has 0 aromatic carbocycles. The summed E-state index contributed by atoms with van der Waals surface area (Å²) < 4.78 is 7.74. The second-order valence-electron chi connectivity index (χ2n) is 8.51. The minimum absolute atomic E-state index is 0.162. The summed E-state index contributed by atoms with van der Waals surface area (Å²) in [5, 5.41) is 24.6. The molecule has 0 spiro atoms. The topological polar surface area (TPSA) is 84.0 Å². The molecule has 8 heteroatoms. The second kappa shape index (κ2) is 8.74. The predicted molar refractivity (Wildman–Crippen MR) is 113 cm³/mol. The SMILES string of the molecule is Cc1cc(C#N)nn1-c1nc(Cl)ccc1C(O)CCCO[Si](C)(C)C(C)(C)C. The molecule has 0 amide bonds. The van der Waals surface area contributed by atoms with E-state index in [0.717, 1.165) is 12.1 Å². The molecule has 0 saturated heterocycles. The largest absolute Gasteiger partial charge is 0.417 e. The van der Waals surface area contributed by atoms with Crippen LogP contribution in [0.15, 0.2) is 18.2 Å². The summed E-state index contributed by atoms with van der Waals surface area (Å²) in [5.41, 5.74) is 1.68. The molecule has 1 unspecified atom stereocenters. The Hall–Kier alpha value is -1.72. The van der Waals surface area contributed by atoms with Crippen LogP contribution in [0.1, 0.15) is 56.7 Å². The number of aromatic nitrogens is 3. The van der Waals surface area contributed by atoms with Crippen LogP contribution < -0.4 is 0 Å². The van der Waals surface area contributed by atoms with E-state index < -0.39 is 14.4 Å². The number of nitriles is 1. The fraction of sp³-hybridized carbons (Fsp3) is 0.550. The first-order valence-electron chi connectivity index (χ1n) is 9.42. The molecule has 6 nitrogen and oxygen atoms in total. The zero-order chi connectivity index (χ0) is 21.1. The number of aliphatic hydroxyl groups is 1. The molecule has 0 aliphatic heterocycles. The lowest BCUT2D eigenvalue weighted by molar-refractivity contribution is 0.152. The van der Waals surface area contributed by atoms with Gasteiger partial charge >= 0.3 is 0 Å². The van der Waals surface area contributed by atoms with Crippen molar-refractivity contribution in [1.82, 2.24) is 14.8 Å². The van der Waals surface area contributed by atoms with Crippen LogP contribution in [-0.2, 0) is 4.43 Å². The van der Waals surface area contributed by atoms with Crippen LogP contribution >= 0.6 is 11.6 Å². The second-order valence-corrected chi connectivity index (χ2v) is 13.7. The Morgan fingerprint density at radius 3 is 2.61 bits per heavy atom. The van der Waals surface area contributed by atoms with E-state index in [4.69, 9.17) is 21.3 Å². The fourth-order valence-corrected chi connectivity index (χ4v) is 3.82. The number of nitrogens with zero attached hydrogens (tertiary/aromatic N) is 4. The summed E-state index contributed by atoms with van der Waals surface area (Å²) in [4.78, 5) is 4.34. The van der Waals surface area contributed by atoms with Crippen molar-refractivity contribution in [3.05, 3.63) is 40.3 Å². The molecule has 1 N–H and O–H groups in total. The molecule has 0 radical (unpaired) electrons. The fourth-order valence-electron chi connectivity index (χ4n) is 2.59. The molecule has 0 aliphatic carbocycles. The van der Waals surface area contributed by atoms with Gasteiger partial charge in [-0.25, -0.2) is 9.67 Å². The highest BCUT2D eigenvalue weighted by Crippen LogP contribution is 2.36. The van der Waals surface area contributed by atoms with Crippen molar-refractivity contribution >= 4 is 19.9 Å². The van der Waals surface area contributed by atoms with E-state index in [9.17, 15) is 5.11 Å². The highest BCUT2D eigenvalue weighted by molar-refractivity contribution is 6.74. The zero-order valence-corrected chi connectivity index (χ0v) is 19.2. The van der Waals surface area contributed by atoms with Crippen LogP contribution in [0.3, 0.4) is 0 Å². The summed E-state index contributed by atoms with van der Waals surface area (Å²) in [6, 6.07) is 7.11. The van der Waals surface area contributed by atoms with Crippen LogP contribution in [0.25, 0.3) is 5.82 Å². The summed E-state index contributed by atoms with van der Waals surface area (Å²) in [6.07, 6.45) is 0.546. The Kier molecular flexibility index (Phi) is 7.05. The Morgan fingerprint density at radius 1 is 1.36 bits per heavy atom. The maximum atomic E-state index is 10.8. The zero-order valence-electron chi connectivity index (χ0n) is 17.5. The number of rotatable bonds is 7. The van der Waals surface area contributed by atoms with Crippen molar-refractivity contribution in [2.75, 3.05) is 6.61 Å². The van der Waals surface area contributed by atoms with Gasteiger partial charge in [-0.1, -0.05) is 32.4 Å². The van der Waals surface area contributed by atoms with Gasteiger partial charge in [-0.3, -0.25) is 0 Å². The van der Waals surface area contributed by atoms with Gasteiger partial charge in [0.25, 0.3) is 0 Å². The Labute approximate surface area is 173 Å². The molecular weight excluding hydrogens is 392 g/mol. The third kappa shape index (κ3) is 5.20. The molecule has 2 rings (SSSR count). The highest BCUT2D eigenvalue weighted by atomic mass is 35.5. The summed E-state index contributed by atoms with van der Waals surface area (Å²) in [6.45, 7) is 13.5. The van der Waals surface area contributed by atoms with Gasteiger partial charge in [-0.05, 0) is 56.1 Å². The van der Waals surface area contributed by atoms with Crippen molar-refractivity contribution in [2.24, 2.45) is 0 Å². The van der Waals surface area contributed by atoms with E-state index in [1.807, 2.05) is 13.0 Å². The highest BCUT2D eigenvalue weighted by Gasteiger charge is 2.36. The van der Waals surface area contributed by atoms with Crippen LogP contribution in [0.5, 0.6) is 0 Å². The van der Waals surface area contributed by atoms with E-state index in [0.29, 0.717) is 35.3 Å². The van der Waals surface area contributed by atoms with Crippen molar-refractivity contribution in [1.29, 1.82) is 5.26 Å². The number of aryl methyl sites for hydroxylation is 1. The van der Waals surface area contributed by atoms with Crippen LogP contribution in [0.2, 0.25) is 23.3 Å². The molecule has 2 aromatic heterocycles. The average Bonchev–Trinajstić information content (AvgIpc) is 2.98. The van der Waals surface area contributed by atoms with Gasteiger partial charge in [0.1, 0.15) is 11.2 Å². The number of aliphatic hydroxyl groups excluding tert-OH is 1. The normalized spacial score (nSPS) is 13.4. The Morgan fingerprint density at radius 2 is 2.04 bits per heavy atom. The molecule has 152 valence electrons. The van der Waals surface area contributed by atoms with Crippen LogP contribution in [-0.4, -0.2) is 34.8 Å². The quantitative estimate of drug-likeness (QED) is 0.389. The molecule has 0 aliphatic rings. The summed E-state index contributed by atoms with van der Waals surface area (Å²) in [5.74, 6) is 0.448. The predicted octanol–water partition coefficient (Wildman–Crippen LogP) is 4.94. The van der Waals surface area contributed by atoms with Gasteiger partial charge in [0.2, 0.25) is 0 Å². The summed E-state index contributed by atoms with van der Waals surface area (Å²) in [7, 11) is -1.79. The van der Waals surface area contributed by atoms with Gasteiger partial charge in [0.05, 0.1) is 6.10 Å². The first-order chi connectivity index (χ1) is 13.0. The lowest BCUT2D eigenvalue weighted by Crippen LogP contribution is -2.41. The third-order valence-corrected chi connectivity index (χ3v) is 10.1. The van der Waals surface area contributed by atoms with Gasteiger partial charge in [-0.15, -0.1) is 0 Å². The first-order valence-corrected chi connectivity index (χ1v) is 12.7. The number of hydrogen-bond donors (Lipinski definition) is 1. The van der Waals surface area contributed by atoms with Crippen molar-refractivity contribution in [2.45, 2.75) is 64.8 Å². The van der Waals surface area contributed by atoms with Crippen molar-refractivity contribution in [3.63, 3.8) is 0 Å². The monoisotopic (exact) mass is 420 g/mol.